The Balaban J connectivity index is 1.51. The summed E-state index contributed by atoms with van der Waals surface area (Å²) in [5, 5.41) is 10.9. The van der Waals surface area contributed by atoms with Gasteiger partial charge in [-0.3, -0.25) is 19.8 Å². The zero-order valence-electron chi connectivity index (χ0n) is 14.4. The van der Waals surface area contributed by atoms with Crippen molar-refractivity contribution in [2.24, 2.45) is 0 Å². The van der Waals surface area contributed by atoms with Gasteiger partial charge in [0.05, 0.1) is 24.8 Å². The van der Waals surface area contributed by atoms with Gasteiger partial charge in [-0.25, -0.2) is 0 Å². The minimum Gasteiger partial charge on any atom is -0.379 e. The molecule has 134 valence electrons. The highest BCUT2D eigenvalue weighted by atomic mass is 16.5. The summed E-state index contributed by atoms with van der Waals surface area (Å²) in [6.07, 6.45) is 3.62. The van der Waals surface area contributed by atoms with Gasteiger partial charge in [-0.2, -0.15) is 5.10 Å². The number of aromatic nitrogens is 3. The first-order valence-corrected chi connectivity index (χ1v) is 8.76. The largest absolute Gasteiger partial charge is 0.379 e. The SMILES string of the molecule is O=C(NCC(c1cccnc1)N1CCOCC1)c1n[nH]c2ccccc12. The van der Waals surface area contributed by atoms with Gasteiger partial charge in [-0.05, 0) is 17.7 Å². The number of aromatic amines is 1. The van der Waals surface area contributed by atoms with E-state index < -0.39 is 0 Å². The minimum atomic E-state index is -0.176. The Morgan fingerprint density at radius 2 is 2.08 bits per heavy atom. The summed E-state index contributed by atoms with van der Waals surface area (Å²) >= 11 is 0. The van der Waals surface area contributed by atoms with Crippen LogP contribution in [-0.4, -0.2) is 58.8 Å². The van der Waals surface area contributed by atoms with Gasteiger partial charge < -0.3 is 10.1 Å². The second-order valence-electron chi connectivity index (χ2n) is 6.28. The number of fused-ring (bicyclic) bond motifs is 1. The molecule has 1 saturated heterocycles. The summed E-state index contributed by atoms with van der Waals surface area (Å²) in [6.45, 7) is 3.57. The highest BCUT2D eigenvalue weighted by Gasteiger charge is 2.24. The Hall–Kier alpha value is -2.77. The average molecular weight is 351 g/mol. The normalized spacial score (nSPS) is 16.5. The van der Waals surface area contributed by atoms with Crippen molar-refractivity contribution in [1.82, 2.24) is 25.4 Å². The number of para-hydroxylation sites is 1. The van der Waals surface area contributed by atoms with Crippen LogP contribution in [0, 0.1) is 0 Å². The maximum Gasteiger partial charge on any atom is 0.272 e. The number of nitrogens with zero attached hydrogens (tertiary/aromatic N) is 3. The molecular formula is C19H21N5O2. The van der Waals surface area contributed by atoms with E-state index in [2.05, 4.69) is 25.4 Å². The van der Waals surface area contributed by atoms with Gasteiger partial charge in [0.15, 0.2) is 5.69 Å². The van der Waals surface area contributed by atoms with E-state index in [1.807, 2.05) is 42.6 Å². The first-order valence-electron chi connectivity index (χ1n) is 8.76. The highest BCUT2D eigenvalue weighted by molar-refractivity contribution is 6.04. The molecule has 3 heterocycles. The molecule has 3 aromatic rings. The Bertz CT molecular complexity index is 874. The van der Waals surface area contributed by atoms with E-state index in [4.69, 9.17) is 4.74 Å². The number of H-pyrrole nitrogens is 1. The standard InChI is InChI=1S/C19H21N5O2/c25-19(18-15-5-1-2-6-16(15)22-23-18)21-13-17(14-4-3-7-20-12-14)24-8-10-26-11-9-24/h1-7,12,17H,8-11,13H2,(H,21,25)(H,22,23). The van der Waals surface area contributed by atoms with Gasteiger partial charge in [-0.1, -0.05) is 24.3 Å². The lowest BCUT2D eigenvalue weighted by molar-refractivity contribution is 0.0161. The van der Waals surface area contributed by atoms with Crippen LogP contribution in [0.2, 0.25) is 0 Å². The van der Waals surface area contributed by atoms with E-state index in [9.17, 15) is 4.79 Å². The summed E-state index contributed by atoms with van der Waals surface area (Å²) in [5.41, 5.74) is 2.36. The molecule has 0 saturated carbocycles. The zero-order valence-corrected chi connectivity index (χ0v) is 14.4. The van der Waals surface area contributed by atoms with Gasteiger partial charge in [0.1, 0.15) is 0 Å². The van der Waals surface area contributed by atoms with Crippen LogP contribution in [0.25, 0.3) is 10.9 Å². The molecule has 1 amide bonds. The molecule has 0 spiro atoms. The number of nitrogens with one attached hydrogen (secondary N) is 2. The number of hydrogen-bond donors (Lipinski definition) is 2. The van der Waals surface area contributed by atoms with Gasteiger partial charge >= 0.3 is 0 Å². The van der Waals surface area contributed by atoms with E-state index >= 15 is 0 Å². The van der Waals surface area contributed by atoms with Crippen molar-refractivity contribution in [2.45, 2.75) is 6.04 Å². The van der Waals surface area contributed by atoms with Gasteiger partial charge in [0.25, 0.3) is 5.91 Å². The van der Waals surface area contributed by atoms with Crippen LogP contribution in [0.1, 0.15) is 22.1 Å². The van der Waals surface area contributed by atoms with Crippen LogP contribution >= 0.6 is 0 Å². The average Bonchev–Trinajstić information content (AvgIpc) is 3.14. The number of hydrogen-bond acceptors (Lipinski definition) is 5. The van der Waals surface area contributed by atoms with Gasteiger partial charge in [-0.15, -0.1) is 0 Å². The van der Waals surface area contributed by atoms with Crippen molar-refractivity contribution in [1.29, 1.82) is 0 Å². The molecule has 7 nitrogen and oxygen atoms in total. The Morgan fingerprint density at radius 1 is 1.23 bits per heavy atom. The Morgan fingerprint density at radius 3 is 2.88 bits per heavy atom. The van der Waals surface area contributed by atoms with E-state index in [-0.39, 0.29) is 11.9 Å². The van der Waals surface area contributed by atoms with Crippen molar-refractivity contribution in [3.63, 3.8) is 0 Å². The lowest BCUT2D eigenvalue weighted by Crippen LogP contribution is -2.43. The van der Waals surface area contributed by atoms with Crippen LogP contribution in [-0.2, 0) is 4.74 Å². The van der Waals surface area contributed by atoms with Crippen molar-refractivity contribution in [2.75, 3.05) is 32.8 Å². The number of pyridine rings is 1. The summed E-state index contributed by atoms with van der Waals surface area (Å²) in [6, 6.07) is 11.6. The lowest BCUT2D eigenvalue weighted by Gasteiger charge is -2.34. The van der Waals surface area contributed by atoms with Crippen LogP contribution < -0.4 is 5.32 Å². The predicted molar refractivity (Wildman–Crippen MR) is 97.8 cm³/mol. The Labute approximate surface area is 151 Å². The van der Waals surface area contributed by atoms with Crippen LogP contribution in [0.5, 0.6) is 0 Å². The monoisotopic (exact) mass is 351 g/mol. The smallest absolute Gasteiger partial charge is 0.272 e. The molecule has 1 aliphatic heterocycles. The predicted octanol–water partition coefficient (Wildman–Crippen LogP) is 1.76. The maximum atomic E-state index is 12.7. The van der Waals surface area contributed by atoms with Crippen molar-refractivity contribution < 1.29 is 9.53 Å². The summed E-state index contributed by atoms with van der Waals surface area (Å²) < 4.78 is 5.46. The van der Waals surface area contributed by atoms with Gasteiger partial charge in [0.2, 0.25) is 0 Å². The van der Waals surface area contributed by atoms with E-state index in [0.29, 0.717) is 25.5 Å². The molecule has 0 aliphatic carbocycles. The van der Waals surface area contributed by atoms with Crippen LogP contribution in [0.15, 0.2) is 48.8 Å². The van der Waals surface area contributed by atoms with Gasteiger partial charge in [0, 0.05) is 37.4 Å². The number of benzene rings is 1. The van der Waals surface area contributed by atoms with Crippen LogP contribution in [0.3, 0.4) is 0 Å². The number of carbonyl (C=O) groups excluding carboxylic acids is 1. The highest BCUT2D eigenvalue weighted by Crippen LogP contribution is 2.21. The number of morpholine rings is 1. The third-order valence-corrected chi connectivity index (χ3v) is 4.70. The zero-order chi connectivity index (χ0) is 17.8. The first-order chi connectivity index (χ1) is 12.8. The molecule has 4 rings (SSSR count). The number of rotatable bonds is 5. The van der Waals surface area contributed by atoms with Crippen molar-refractivity contribution in [3.05, 3.63) is 60.0 Å². The molecule has 1 unspecified atom stereocenters. The molecule has 1 aliphatic rings. The van der Waals surface area contributed by atoms with Crippen molar-refractivity contribution >= 4 is 16.8 Å². The molecule has 1 fully saturated rings. The fraction of sp³-hybridized carbons (Fsp3) is 0.316. The van der Waals surface area contributed by atoms with E-state index in [1.54, 1.807) is 6.20 Å². The fourth-order valence-electron chi connectivity index (χ4n) is 3.33. The molecule has 26 heavy (non-hydrogen) atoms. The summed E-state index contributed by atoms with van der Waals surface area (Å²) in [4.78, 5) is 19.2. The van der Waals surface area contributed by atoms with E-state index in [1.165, 1.54) is 0 Å². The molecule has 7 heteroatoms. The number of ether oxygens (including phenoxy) is 1. The molecular weight excluding hydrogens is 330 g/mol. The Kier molecular flexibility index (Phi) is 4.90. The molecule has 1 aromatic carbocycles. The second-order valence-corrected chi connectivity index (χ2v) is 6.28. The van der Waals surface area contributed by atoms with Crippen LogP contribution in [0.4, 0.5) is 0 Å². The van der Waals surface area contributed by atoms with E-state index in [0.717, 1.165) is 29.6 Å². The fourth-order valence-corrected chi connectivity index (χ4v) is 3.33. The first kappa shape index (κ1) is 16.7. The minimum absolute atomic E-state index is 0.0572. The van der Waals surface area contributed by atoms with Crippen molar-refractivity contribution in [3.8, 4) is 0 Å². The third kappa shape index (κ3) is 3.44. The molecule has 0 radical (unpaired) electrons. The summed E-state index contributed by atoms with van der Waals surface area (Å²) in [7, 11) is 0. The quantitative estimate of drug-likeness (QED) is 0.732. The number of carbonyl (C=O) groups is 1. The molecule has 1 atom stereocenters. The molecule has 0 bridgehead atoms. The second kappa shape index (κ2) is 7.63. The number of amides is 1. The molecule has 2 N–H and O–H groups in total. The third-order valence-electron chi connectivity index (χ3n) is 4.70. The maximum absolute atomic E-state index is 12.7. The lowest BCUT2D eigenvalue weighted by atomic mass is 10.1. The summed E-state index contributed by atoms with van der Waals surface area (Å²) in [5.74, 6) is -0.176. The topological polar surface area (TPSA) is 83.1 Å². The molecule has 2 aromatic heterocycles.